The van der Waals surface area contributed by atoms with Crippen LogP contribution in [0.4, 0.5) is 0 Å². The number of benzene rings is 1. The van der Waals surface area contributed by atoms with Crippen molar-refractivity contribution in [2.24, 2.45) is 0 Å². The van der Waals surface area contributed by atoms with Crippen LogP contribution in [0.15, 0.2) is 42.7 Å². The smallest absolute Gasteiger partial charge is 0.230 e. The fourth-order valence-electron chi connectivity index (χ4n) is 3.10. The maximum absolute atomic E-state index is 12.6. The molecule has 1 aliphatic heterocycles. The molecule has 0 spiro atoms. The first-order valence-corrected chi connectivity index (χ1v) is 8.86. The molecular weight excluding hydrogens is 326 g/mol. The van der Waals surface area contributed by atoms with E-state index in [1.165, 1.54) is 0 Å². The molecule has 0 bridgehead atoms. The Morgan fingerprint density at radius 1 is 1.31 bits per heavy atom. The molecule has 26 heavy (non-hydrogen) atoms. The van der Waals surface area contributed by atoms with Crippen LogP contribution in [0.1, 0.15) is 37.8 Å². The number of rotatable bonds is 5. The molecule has 2 heterocycles. The maximum atomic E-state index is 12.6. The van der Waals surface area contributed by atoms with Crippen molar-refractivity contribution in [3.63, 3.8) is 0 Å². The zero-order valence-corrected chi connectivity index (χ0v) is 15.2. The summed E-state index contributed by atoms with van der Waals surface area (Å²) in [4.78, 5) is 16.7. The van der Waals surface area contributed by atoms with E-state index < -0.39 is 5.41 Å². The van der Waals surface area contributed by atoms with Gasteiger partial charge in [0.1, 0.15) is 6.07 Å². The van der Waals surface area contributed by atoms with E-state index >= 15 is 0 Å². The molecule has 1 saturated heterocycles. The number of nitriles is 1. The average Bonchev–Trinajstić information content (AvgIpc) is 3.19. The second-order valence-corrected chi connectivity index (χ2v) is 7.12. The molecule has 134 valence electrons. The van der Waals surface area contributed by atoms with Gasteiger partial charge in [0.2, 0.25) is 5.91 Å². The summed E-state index contributed by atoms with van der Waals surface area (Å²) < 4.78 is 5.56. The van der Waals surface area contributed by atoms with Crippen LogP contribution in [0.5, 0.6) is 0 Å². The van der Waals surface area contributed by atoms with Crippen LogP contribution in [-0.4, -0.2) is 30.1 Å². The van der Waals surface area contributed by atoms with Crippen molar-refractivity contribution in [3.05, 3.63) is 53.9 Å². The number of pyridine rings is 1. The zero-order chi connectivity index (χ0) is 18.6. The fraction of sp³-hybridized carbons (Fsp3) is 0.381. The second-order valence-electron chi connectivity index (χ2n) is 7.12. The van der Waals surface area contributed by atoms with Crippen molar-refractivity contribution in [2.45, 2.75) is 38.2 Å². The number of carbonyl (C=O) groups is 1. The van der Waals surface area contributed by atoms with E-state index in [4.69, 9.17) is 10.00 Å². The standard InChI is InChI=1S/C21H23N3O2/c1-21(2,20(25)24-14-19-4-3-9-26-19)18-7-5-16(6-8-18)17-10-15(11-22)12-23-13-17/h5-8,10,12-13,19H,3-4,9,14H2,1-2H3,(H,24,25). The Morgan fingerprint density at radius 2 is 2.08 bits per heavy atom. The highest BCUT2D eigenvalue weighted by molar-refractivity contribution is 5.87. The lowest BCUT2D eigenvalue weighted by atomic mass is 9.83. The normalized spacial score (nSPS) is 16.9. The Hall–Kier alpha value is -2.71. The summed E-state index contributed by atoms with van der Waals surface area (Å²) in [5.74, 6) is -0.00565. The van der Waals surface area contributed by atoms with E-state index in [1.807, 2.05) is 44.2 Å². The third kappa shape index (κ3) is 3.92. The molecule has 5 nitrogen and oxygen atoms in total. The Morgan fingerprint density at radius 3 is 2.73 bits per heavy atom. The van der Waals surface area contributed by atoms with Gasteiger partial charge in [-0.3, -0.25) is 9.78 Å². The number of ether oxygens (including phenoxy) is 1. The lowest BCUT2D eigenvalue weighted by Gasteiger charge is -2.25. The molecule has 1 fully saturated rings. The van der Waals surface area contributed by atoms with Crippen molar-refractivity contribution >= 4 is 5.91 Å². The molecule has 1 aromatic heterocycles. The molecule has 1 aromatic carbocycles. The van der Waals surface area contributed by atoms with E-state index in [0.29, 0.717) is 12.1 Å². The van der Waals surface area contributed by atoms with Crippen molar-refractivity contribution in [2.75, 3.05) is 13.2 Å². The minimum Gasteiger partial charge on any atom is -0.376 e. The van der Waals surface area contributed by atoms with E-state index in [9.17, 15) is 4.79 Å². The van der Waals surface area contributed by atoms with Gasteiger partial charge in [-0.2, -0.15) is 5.26 Å². The predicted molar refractivity (Wildman–Crippen MR) is 99.4 cm³/mol. The van der Waals surface area contributed by atoms with Crippen molar-refractivity contribution in [3.8, 4) is 17.2 Å². The SMILES string of the molecule is CC(C)(C(=O)NCC1CCCO1)c1ccc(-c2cncc(C#N)c2)cc1. The number of carbonyl (C=O) groups excluding carboxylic acids is 1. The van der Waals surface area contributed by atoms with E-state index in [2.05, 4.69) is 16.4 Å². The molecular formula is C21H23N3O2. The third-order valence-corrected chi connectivity index (χ3v) is 4.89. The van der Waals surface area contributed by atoms with Gasteiger partial charge in [0.05, 0.1) is 17.1 Å². The highest BCUT2D eigenvalue weighted by Crippen LogP contribution is 2.27. The minimum atomic E-state index is -0.635. The molecule has 0 aliphatic carbocycles. The molecule has 2 aromatic rings. The predicted octanol–water partition coefficient (Wildman–Crippen LogP) is 3.19. The van der Waals surface area contributed by atoms with Crippen molar-refractivity contribution in [1.82, 2.24) is 10.3 Å². The number of hydrogen-bond donors (Lipinski definition) is 1. The first-order chi connectivity index (χ1) is 12.5. The van der Waals surface area contributed by atoms with Gasteiger partial charge in [0.25, 0.3) is 0 Å². The molecule has 1 amide bonds. The summed E-state index contributed by atoms with van der Waals surface area (Å²) >= 11 is 0. The van der Waals surface area contributed by atoms with Gasteiger partial charge in [-0.05, 0) is 43.9 Å². The summed E-state index contributed by atoms with van der Waals surface area (Å²) in [6, 6.07) is 11.7. The Balaban J connectivity index is 1.71. The largest absolute Gasteiger partial charge is 0.376 e. The molecule has 0 saturated carbocycles. The van der Waals surface area contributed by atoms with Crippen LogP contribution in [-0.2, 0) is 14.9 Å². The summed E-state index contributed by atoms with van der Waals surface area (Å²) in [5.41, 5.74) is 2.69. The fourth-order valence-corrected chi connectivity index (χ4v) is 3.10. The monoisotopic (exact) mass is 349 g/mol. The highest BCUT2D eigenvalue weighted by atomic mass is 16.5. The Bertz CT molecular complexity index is 816. The molecule has 3 rings (SSSR count). The first kappa shape index (κ1) is 18.1. The quantitative estimate of drug-likeness (QED) is 0.899. The van der Waals surface area contributed by atoms with Gasteiger partial charge in [0.15, 0.2) is 0 Å². The molecule has 0 radical (unpaired) electrons. The number of amides is 1. The summed E-state index contributed by atoms with van der Waals surface area (Å²) in [5, 5.41) is 12.0. The van der Waals surface area contributed by atoms with Gasteiger partial charge < -0.3 is 10.1 Å². The average molecular weight is 349 g/mol. The van der Waals surface area contributed by atoms with E-state index in [-0.39, 0.29) is 12.0 Å². The van der Waals surface area contributed by atoms with Crippen LogP contribution < -0.4 is 5.32 Å². The number of nitrogens with zero attached hydrogens (tertiary/aromatic N) is 2. The second kappa shape index (κ2) is 7.67. The van der Waals surface area contributed by atoms with E-state index in [1.54, 1.807) is 12.4 Å². The topological polar surface area (TPSA) is 75.0 Å². The zero-order valence-electron chi connectivity index (χ0n) is 15.2. The lowest BCUT2D eigenvalue weighted by Crippen LogP contribution is -2.43. The number of aromatic nitrogens is 1. The Kier molecular flexibility index (Phi) is 5.34. The third-order valence-electron chi connectivity index (χ3n) is 4.89. The number of hydrogen-bond acceptors (Lipinski definition) is 4. The van der Waals surface area contributed by atoms with Crippen LogP contribution in [0.25, 0.3) is 11.1 Å². The summed E-state index contributed by atoms with van der Waals surface area (Å²) in [6.45, 7) is 5.19. The van der Waals surface area contributed by atoms with Gasteiger partial charge in [-0.15, -0.1) is 0 Å². The van der Waals surface area contributed by atoms with Crippen LogP contribution >= 0.6 is 0 Å². The first-order valence-electron chi connectivity index (χ1n) is 8.86. The van der Waals surface area contributed by atoms with Gasteiger partial charge in [-0.25, -0.2) is 0 Å². The van der Waals surface area contributed by atoms with Crippen molar-refractivity contribution in [1.29, 1.82) is 5.26 Å². The summed E-state index contributed by atoms with van der Waals surface area (Å²) in [6.07, 6.45) is 5.48. The van der Waals surface area contributed by atoms with Gasteiger partial charge >= 0.3 is 0 Å². The van der Waals surface area contributed by atoms with Crippen molar-refractivity contribution < 1.29 is 9.53 Å². The summed E-state index contributed by atoms with van der Waals surface area (Å²) in [7, 11) is 0. The highest BCUT2D eigenvalue weighted by Gasteiger charge is 2.30. The van der Waals surface area contributed by atoms with Gasteiger partial charge in [-0.1, -0.05) is 24.3 Å². The maximum Gasteiger partial charge on any atom is 0.230 e. The molecule has 5 heteroatoms. The van der Waals surface area contributed by atoms with Crippen LogP contribution in [0, 0.1) is 11.3 Å². The van der Waals surface area contributed by atoms with Gasteiger partial charge in [0, 0.05) is 31.1 Å². The molecule has 1 N–H and O–H groups in total. The molecule has 1 atom stereocenters. The number of nitrogens with one attached hydrogen (secondary N) is 1. The van der Waals surface area contributed by atoms with Crippen LogP contribution in [0.2, 0.25) is 0 Å². The minimum absolute atomic E-state index is 0.00565. The Labute approximate surface area is 154 Å². The van der Waals surface area contributed by atoms with Crippen LogP contribution in [0.3, 0.4) is 0 Å². The molecule has 1 unspecified atom stereocenters. The molecule has 1 aliphatic rings. The van der Waals surface area contributed by atoms with E-state index in [0.717, 1.165) is 36.1 Å². The lowest BCUT2D eigenvalue weighted by molar-refractivity contribution is -0.126.